The topological polar surface area (TPSA) is 76.7 Å². The van der Waals surface area contributed by atoms with Gasteiger partial charge in [-0.25, -0.2) is 4.39 Å². The summed E-state index contributed by atoms with van der Waals surface area (Å²) in [6.45, 7) is 3.73. The van der Waals surface area contributed by atoms with E-state index in [1.165, 1.54) is 0 Å². The first-order valence-corrected chi connectivity index (χ1v) is 8.29. The van der Waals surface area contributed by atoms with E-state index < -0.39 is 41.4 Å². The number of halogens is 4. The fraction of sp³-hybridized carbons (Fsp3) is 0.529. The number of amides is 2. The zero-order valence-corrected chi connectivity index (χ0v) is 15.0. The highest BCUT2D eigenvalue weighted by Crippen LogP contribution is 2.36. The Labute approximate surface area is 154 Å². The van der Waals surface area contributed by atoms with Crippen LogP contribution in [-0.4, -0.2) is 37.9 Å². The quantitative estimate of drug-likeness (QED) is 0.262. The molecule has 0 aliphatic heterocycles. The van der Waals surface area contributed by atoms with Gasteiger partial charge in [0, 0.05) is 26.2 Å². The second kappa shape index (κ2) is 10.2. The highest BCUT2D eigenvalue weighted by Gasteiger charge is 2.37. The summed E-state index contributed by atoms with van der Waals surface area (Å²) in [5, 5.41) is 4.36. The number of ether oxygens (including phenoxy) is 2. The Kier molecular flexibility index (Phi) is 8.64. The lowest BCUT2D eigenvalue weighted by atomic mass is 10.1. The predicted octanol–water partition coefficient (Wildman–Crippen LogP) is 3.08. The molecular weight excluding hydrogens is 372 g/mol. The van der Waals surface area contributed by atoms with Crippen LogP contribution in [0.1, 0.15) is 32.3 Å². The largest absolute Gasteiger partial charge is 0.418 e. The molecule has 0 heterocycles. The summed E-state index contributed by atoms with van der Waals surface area (Å²) in [5.74, 6) is -3.59. The molecule has 0 spiro atoms. The minimum atomic E-state index is -4.84. The van der Waals surface area contributed by atoms with E-state index in [2.05, 4.69) is 5.32 Å². The Morgan fingerprint density at radius 2 is 1.81 bits per heavy atom. The van der Waals surface area contributed by atoms with Gasteiger partial charge in [0.25, 0.3) is 0 Å². The van der Waals surface area contributed by atoms with Gasteiger partial charge in [-0.05, 0) is 26.0 Å². The first-order valence-electron chi connectivity index (χ1n) is 8.29. The van der Waals surface area contributed by atoms with Crippen LogP contribution >= 0.6 is 0 Å². The molecule has 27 heavy (non-hydrogen) atoms. The molecular formula is C17H22F4N2O4. The van der Waals surface area contributed by atoms with Gasteiger partial charge in [-0.1, -0.05) is 6.07 Å². The van der Waals surface area contributed by atoms with Gasteiger partial charge in [-0.15, -0.1) is 0 Å². The zero-order valence-electron chi connectivity index (χ0n) is 15.0. The van der Waals surface area contributed by atoms with E-state index in [4.69, 9.17) is 9.47 Å². The van der Waals surface area contributed by atoms with Crippen LogP contribution in [0.25, 0.3) is 0 Å². The average molecular weight is 394 g/mol. The number of hydrogen-bond acceptors (Lipinski definition) is 4. The minimum absolute atomic E-state index is 0.0737. The fourth-order valence-electron chi connectivity index (χ4n) is 2.54. The fourth-order valence-corrected chi connectivity index (χ4v) is 2.54. The standard InChI is InChI=1S/C17H22F4N2O4/c1-3-26-16(27-4-2,8-9-22-11-24)10-14(25)23-15-12(17(19,20)21)6-5-7-13(15)18/h5-7,11H,3-4,8-10H2,1-2H3,(H,22,24)(H,23,25). The van der Waals surface area contributed by atoms with Crippen LogP contribution in [0, 0.1) is 5.82 Å². The van der Waals surface area contributed by atoms with Crippen LogP contribution in [0.15, 0.2) is 18.2 Å². The average Bonchev–Trinajstić information content (AvgIpc) is 2.56. The highest BCUT2D eigenvalue weighted by molar-refractivity contribution is 5.92. The number of anilines is 1. The van der Waals surface area contributed by atoms with Gasteiger partial charge in [-0.2, -0.15) is 13.2 Å². The highest BCUT2D eigenvalue weighted by atomic mass is 19.4. The van der Waals surface area contributed by atoms with E-state index in [1.807, 2.05) is 5.32 Å². The molecule has 0 aliphatic rings. The number of carbonyl (C=O) groups is 2. The van der Waals surface area contributed by atoms with Crippen molar-refractivity contribution in [1.82, 2.24) is 5.32 Å². The number of hydrogen-bond donors (Lipinski definition) is 2. The van der Waals surface area contributed by atoms with Crippen molar-refractivity contribution in [1.29, 1.82) is 0 Å². The molecule has 10 heteroatoms. The van der Waals surface area contributed by atoms with Crippen molar-refractivity contribution < 1.29 is 36.6 Å². The molecule has 0 aromatic heterocycles. The Bertz CT molecular complexity index is 632. The summed E-state index contributed by atoms with van der Waals surface area (Å²) in [7, 11) is 0. The molecule has 0 aliphatic carbocycles. The van der Waals surface area contributed by atoms with E-state index in [0.717, 1.165) is 12.1 Å². The third kappa shape index (κ3) is 6.79. The molecule has 0 radical (unpaired) electrons. The molecule has 1 aromatic rings. The maximum atomic E-state index is 13.9. The summed E-state index contributed by atoms with van der Waals surface area (Å²) in [5.41, 5.74) is -2.25. The number of nitrogens with one attached hydrogen (secondary N) is 2. The Morgan fingerprint density at radius 3 is 2.33 bits per heavy atom. The molecule has 0 atom stereocenters. The minimum Gasteiger partial charge on any atom is -0.358 e. The number of benzene rings is 1. The van der Waals surface area contributed by atoms with E-state index in [0.29, 0.717) is 12.5 Å². The third-order valence-corrected chi connectivity index (χ3v) is 3.56. The van der Waals surface area contributed by atoms with Crippen molar-refractivity contribution in [3.63, 3.8) is 0 Å². The Hall–Kier alpha value is -2.20. The van der Waals surface area contributed by atoms with Gasteiger partial charge in [0.05, 0.1) is 17.7 Å². The molecule has 0 bridgehead atoms. The van der Waals surface area contributed by atoms with Crippen LogP contribution < -0.4 is 10.6 Å². The lowest BCUT2D eigenvalue weighted by Gasteiger charge is -2.33. The van der Waals surface area contributed by atoms with Gasteiger partial charge in [0.2, 0.25) is 12.3 Å². The molecule has 0 saturated carbocycles. The molecule has 2 amide bonds. The van der Waals surface area contributed by atoms with Gasteiger partial charge >= 0.3 is 6.18 Å². The number of para-hydroxylation sites is 1. The first-order chi connectivity index (χ1) is 12.7. The SMILES string of the molecule is CCOC(CCNC=O)(CC(=O)Nc1c(F)cccc1C(F)(F)F)OCC. The van der Waals surface area contributed by atoms with Crippen LogP contribution in [0.5, 0.6) is 0 Å². The number of carbonyl (C=O) groups excluding carboxylic acids is 2. The summed E-state index contributed by atoms with van der Waals surface area (Å²) < 4.78 is 64.1. The zero-order chi connectivity index (χ0) is 20.5. The summed E-state index contributed by atoms with van der Waals surface area (Å²) in [6.07, 6.45) is -4.79. The third-order valence-electron chi connectivity index (χ3n) is 3.56. The molecule has 1 aromatic carbocycles. The predicted molar refractivity (Wildman–Crippen MR) is 89.3 cm³/mol. The van der Waals surface area contributed by atoms with Crippen LogP contribution in [0.2, 0.25) is 0 Å². The lowest BCUT2D eigenvalue weighted by Crippen LogP contribution is -2.42. The van der Waals surface area contributed by atoms with Crippen LogP contribution in [0.4, 0.5) is 23.2 Å². The van der Waals surface area contributed by atoms with Crippen LogP contribution in [-0.2, 0) is 25.2 Å². The molecule has 2 N–H and O–H groups in total. The number of rotatable bonds is 11. The maximum Gasteiger partial charge on any atom is 0.418 e. The normalized spacial score (nSPS) is 11.9. The van der Waals surface area contributed by atoms with Crippen molar-refractivity contribution in [3.05, 3.63) is 29.6 Å². The van der Waals surface area contributed by atoms with E-state index in [1.54, 1.807) is 13.8 Å². The second-order valence-corrected chi connectivity index (χ2v) is 5.48. The van der Waals surface area contributed by atoms with Crippen molar-refractivity contribution in [2.45, 2.75) is 38.7 Å². The first kappa shape index (κ1) is 22.8. The summed E-state index contributed by atoms with van der Waals surface area (Å²) in [6, 6.07) is 2.39. The van der Waals surface area contributed by atoms with Crippen LogP contribution in [0.3, 0.4) is 0 Å². The monoisotopic (exact) mass is 394 g/mol. The Morgan fingerprint density at radius 1 is 1.19 bits per heavy atom. The van der Waals surface area contributed by atoms with Crippen molar-refractivity contribution >= 4 is 18.0 Å². The van der Waals surface area contributed by atoms with E-state index in [-0.39, 0.29) is 26.2 Å². The smallest absolute Gasteiger partial charge is 0.358 e. The second-order valence-electron chi connectivity index (χ2n) is 5.48. The summed E-state index contributed by atoms with van der Waals surface area (Å²) in [4.78, 5) is 22.8. The van der Waals surface area contributed by atoms with E-state index in [9.17, 15) is 27.2 Å². The van der Waals surface area contributed by atoms with E-state index >= 15 is 0 Å². The molecule has 0 saturated heterocycles. The van der Waals surface area contributed by atoms with Gasteiger partial charge in [-0.3, -0.25) is 9.59 Å². The molecule has 1 rings (SSSR count). The summed E-state index contributed by atoms with van der Waals surface area (Å²) >= 11 is 0. The van der Waals surface area contributed by atoms with Gasteiger partial charge < -0.3 is 20.1 Å². The molecule has 0 unspecified atom stereocenters. The van der Waals surface area contributed by atoms with Crippen molar-refractivity contribution in [3.8, 4) is 0 Å². The molecule has 152 valence electrons. The van der Waals surface area contributed by atoms with Crippen molar-refractivity contribution in [2.24, 2.45) is 0 Å². The van der Waals surface area contributed by atoms with Gasteiger partial charge in [0.1, 0.15) is 5.82 Å². The maximum absolute atomic E-state index is 13.9. The lowest BCUT2D eigenvalue weighted by molar-refractivity contribution is -0.236. The number of alkyl halides is 3. The molecule has 6 nitrogen and oxygen atoms in total. The molecule has 0 fully saturated rings. The Balaban J connectivity index is 3.04. The van der Waals surface area contributed by atoms with Gasteiger partial charge in [0.15, 0.2) is 5.79 Å². The van der Waals surface area contributed by atoms with Crippen molar-refractivity contribution in [2.75, 3.05) is 25.1 Å².